The maximum atomic E-state index is 12.6. The largest absolute Gasteiger partial charge is 0.497 e. The lowest BCUT2D eigenvalue weighted by atomic mass is 10.2. The van der Waals surface area contributed by atoms with Crippen LogP contribution in [0.1, 0.15) is 10.4 Å². The molecular weight excluding hydrogens is 428 g/mol. The molecule has 0 aliphatic rings. The lowest BCUT2D eigenvalue weighted by molar-refractivity contribution is 0.102. The van der Waals surface area contributed by atoms with Crippen molar-refractivity contribution in [2.24, 2.45) is 0 Å². The highest BCUT2D eigenvalue weighted by Gasteiger charge is 2.11. The summed E-state index contributed by atoms with van der Waals surface area (Å²) in [5, 5.41) is 5.28. The van der Waals surface area contributed by atoms with E-state index < -0.39 is 0 Å². The number of carbonyl (C=O) groups is 1. The molecule has 0 aliphatic heterocycles. The fraction of sp³-hybridized carbons (Fsp3) is 0.0870. The predicted molar refractivity (Wildman–Crippen MR) is 127 cm³/mol. The van der Waals surface area contributed by atoms with Gasteiger partial charge in [0.2, 0.25) is 0 Å². The predicted octanol–water partition coefficient (Wildman–Crippen LogP) is 5.61. The Hall–Kier alpha value is -3.36. The standard InChI is InChI=1S/C23H20N4O2S2/c1-27(17-6-5-7-18(14-17)29-2)31-19-11-9-16(10-12-19)22(28)26-23-25-21(15-30-23)20-8-3-4-13-24-20/h3-15H,1-2H3,(H,25,26,28). The number of methoxy groups -OCH3 is 1. The zero-order chi connectivity index (χ0) is 21.6. The van der Waals surface area contributed by atoms with Crippen LogP contribution in [0.4, 0.5) is 10.8 Å². The fourth-order valence-corrected chi connectivity index (χ4v) is 4.31. The minimum absolute atomic E-state index is 0.195. The summed E-state index contributed by atoms with van der Waals surface area (Å²) >= 11 is 2.95. The number of hydrogen-bond donors (Lipinski definition) is 1. The highest BCUT2D eigenvalue weighted by Crippen LogP contribution is 2.30. The number of amides is 1. The molecule has 2 heterocycles. The summed E-state index contributed by atoms with van der Waals surface area (Å²) in [6.45, 7) is 0. The molecule has 6 nitrogen and oxygen atoms in total. The third kappa shape index (κ3) is 5.22. The Balaban J connectivity index is 1.38. The Morgan fingerprint density at radius 2 is 1.90 bits per heavy atom. The van der Waals surface area contributed by atoms with Crippen LogP contribution in [0, 0.1) is 0 Å². The van der Waals surface area contributed by atoms with Crippen molar-refractivity contribution in [3.05, 3.63) is 83.9 Å². The van der Waals surface area contributed by atoms with Crippen molar-refractivity contribution in [3.63, 3.8) is 0 Å². The van der Waals surface area contributed by atoms with Gasteiger partial charge in [-0.3, -0.25) is 15.1 Å². The van der Waals surface area contributed by atoms with Crippen LogP contribution in [0.15, 0.2) is 83.2 Å². The maximum absolute atomic E-state index is 12.6. The maximum Gasteiger partial charge on any atom is 0.257 e. The first-order valence-electron chi connectivity index (χ1n) is 9.46. The zero-order valence-electron chi connectivity index (χ0n) is 17.0. The quantitative estimate of drug-likeness (QED) is 0.371. The van der Waals surface area contributed by atoms with Crippen molar-refractivity contribution in [1.82, 2.24) is 9.97 Å². The van der Waals surface area contributed by atoms with Gasteiger partial charge in [0.25, 0.3) is 5.91 Å². The van der Waals surface area contributed by atoms with Crippen molar-refractivity contribution in [3.8, 4) is 17.1 Å². The van der Waals surface area contributed by atoms with Gasteiger partial charge in [-0.25, -0.2) is 4.98 Å². The number of thiazole rings is 1. The van der Waals surface area contributed by atoms with Gasteiger partial charge in [0.15, 0.2) is 5.13 Å². The first-order valence-corrected chi connectivity index (χ1v) is 11.1. The van der Waals surface area contributed by atoms with Gasteiger partial charge in [0.05, 0.1) is 18.5 Å². The molecule has 2 aromatic heterocycles. The molecule has 0 spiro atoms. The third-order valence-corrected chi connectivity index (χ3v) is 6.15. The molecule has 4 aromatic rings. The van der Waals surface area contributed by atoms with Gasteiger partial charge in [-0.2, -0.15) is 0 Å². The first kappa shape index (κ1) is 20.9. The first-order chi connectivity index (χ1) is 15.1. The van der Waals surface area contributed by atoms with Crippen molar-refractivity contribution in [2.45, 2.75) is 4.90 Å². The smallest absolute Gasteiger partial charge is 0.257 e. The third-order valence-electron chi connectivity index (χ3n) is 4.43. The lowest BCUT2D eigenvalue weighted by Crippen LogP contribution is -2.11. The van der Waals surface area contributed by atoms with E-state index in [1.807, 2.05) is 83.5 Å². The summed E-state index contributed by atoms with van der Waals surface area (Å²) in [6.07, 6.45) is 1.72. The molecule has 31 heavy (non-hydrogen) atoms. The van der Waals surface area contributed by atoms with E-state index in [0.29, 0.717) is 10.7 Å². The minimum atomic E-state index is -0.195. The summed E-state index contributed by atoms with van der Waals surface area (Å²) in [5.41, 5.74) is 3.12. The molecule has 0 bridgehead atoms. The van der Waals surface area contributed by atoms with Gasteiger partial charge in [-0.15, -0.1) is 11.3 Å². The number of hydrogen-bond acceptors (Lipinski definition) is 7. The molecule has 0 atom stereocenters. The number of carbonyl (C=O) groups excluding carboxylic acids is 1. The molecule has 0 unspecified atom stereocenters. The van der Waals surface area contributed by atoms with Crippen molar-refractivity contribution >= 4 is 40.0 Å². The van der Waals surface area contributed by atoms with Gasteiger partial charge in [0.1, 0.15) is 11.4 Å². The average Bonchev–Trinajstić information content (AvgIpc) is 3.28. The SMILES string of the molecule is COc1cccc(N(C)Sc2ccc(C(=O)Nc3nc(-c4ccccn4)cs3)cc2)c1. The van der Waals surface area contributed by atoms with Crippen molar-refractivity contribution in [1.29, 1.82) is 0 Å². The highest BCUT2D eigenvalue weighted by atomic mass is 32.2. The normalized spacial score (nSPS) is 10.5. The van der Waals surface area contributed by atoms with Crippen molar-refractivity contribution < 1.29 is 9.53 Å². The average molecular weight is 449 g/mol. The Bertz CT molecular complexity index is 1160. The number of aromatic nitrogens is 2. The fourth-order valence-electron chi connectivity index (χ4n) is 2.82. The van der Waals surface area contributed by atoms with Crippen LogP contribution in [0.25, 0.3) is 11.4 Å². The molecule has 0 radical (unpaired) electrons. The second kappa shape index (κ2) is 9.63. The second-order valence-corrected chi connectivity index (χ2v) is 8.58. The van der Waals surface area contributed by atoms with Crippen LogP contribution in [-0.2, 0) is 0 Å². The molecular formula is C23H20N4O2S2. The summed E-state index contributed by atoms with van der Waals surface area (Å²) in [4.78, 5) is 22.4. The van der Waals surface area contributed by atoms with Crippen molar-refractivity contribution in [2.75, 3.05) is 23.8 Å². The van der Waals surface area contributed by atoms with Gasteiger partial charge >= 0.3 is 0 Å². The minimum Gasteiger partial charge on any atom is -0.497 e. The second-order valence-electron chi connectivity index (χ2n) is 6.52. The molecule has 4 rings (SSSR count). The summed E-state index contributed by atoms with van der Waals surface area (Å²) in [6, 6.07) is 21.0. The Kier molecular flexibility index (Phi) is 6.49. The number of benzene rings is 2. The monoisotopic (exact) mass is 448 g/mol. The molecule has 1 amide bonds. The van der Waals surface area contributed by atoms with E-state index in [4.69, 9.17) is 4.74 Å². The van der Waals surface area contributed by atoms with E-state index in [-0.39, 0.29) is 5.91 Å². The van der Waals surface area contributed by atoms with Crippen LogP contribution < -0.4 is 14.4 Å². The molecule has 8 heteroatoms. The Morgan fingerprint density at radius 1 is 1.06 bits per heavy atom. The van der Waals surface area contributed by atoms with Crippen LogP contribution in [-0.4, -0.2) is 30.0 Å². The molecule has 0 aliphatic carbocycles. The molecule has 0 fully saturated rings. The zero-order valence-corrected chi connectivity index (χ0v) is 18.6. The van der Waals surface area contributed by atoms with Gasteiger partial charge in [-0.05, 0) is 60.5 Å². The molecule has 156 valence electrons. The van der Waals surface area contributed by atoms with E-state index in [1.165, 1.54) is 11.3 Å². The Labute approximate surface area is 189 Å². The van der Waals surface area contributed by atoms with E-state index in [2.05, 4.69) is 15.3 Å². The van der Waals surface area contributed by atoms with Gasteiger partial charge in [-0.1, -0.05) is 12.1 Å². The molecule has 0 saturated carbocycles. The summed E-state index contributed by atoms with van der Waals surface area (Å²) in [5.74, 6) is 0.616. The number of pyridine rings is 1. The molecule has 0 saturated heterocycles. The summed E-state index contributed by atoms with van der Waals surface area (Å²) in [7, 11) is 3.64. The summed E-state index contributed by atoms with van der Waals surface area (Å²) < 4.78 is 7.33. The highest BCUT2D eigenvalue weighted by molar-refractivity contribution is 8.00. The molecule has 2 aromatic carbocycles. The lowest BCUT2D eigenvalue weighted by Gasteiger charge is -2.18. The Morgan fingerprint density at radius 3 is 2.65 bits per heavy atom. The van der Waals surface area contributed by atoms with Gasteiger partial charge in [0, 0.05) is 35.1 Å². The van der Waals surface area contributed by atoms with Crippen LogP contribution in [0.3, 0.4) is 0 Å². The van der Waals surface area contributed by atoms with Crippen LogP contribution in [0.2, 0.25) is 0 Å². The van der Waals surface area contributed by atoms with E-state index in [1.54, 1.807) is 25.3 Å². The number of nitrogens with zero attached hydrogens (tertiary/aromatic N) is 3. The topological polar surface area (TPSA) is 67.3 Å². The van der Waals surface area contributed by atoms with E-state index >= 15 is 0 Å². The van der Waals surface area contributed by atoms with Crippen LogP contribution >= 0.6 is 23.3 Å². The van der Waals surface area contributed by atoms with E-state index in [9.17, 15) is 4.79 Å². The number of nitrogens with one attached hydrogen (secondary N) is 1. The van der Waals surface area contributed by atoms with Gasteiger partial charge < -0.3 is 9.04 Å². The number of rotatable bonds is 7. The van der Waals surface area contributed by atoms with Crippen LogP contribution in [0.5, 0.6) is 5.75 Å². The number of anilines is 2. The number of ether oxygens (including phenoxy) is 1. The molecule has 1 N–H and O–H groups in total. The van der Waals surface area contributed by atoms with E-state index in [0.717, 1.165) is 27.7 Å².